The van der Waals surface area contributed by atoms with Crippen LogP contribution in [-0.2, 0) is 19.0 Å². The average Bonchev–Trinajstić information content (AvgIpc) is 2.70. The summed E-state index contributed by atoms with van der Waals surface area (Å²) < 4.78 is 12.8. The average molecular weight is 360 g/mol. The molecule has 4 nitrogen and oxygen atoms in total. The van der Waals surface area contributed by atoms with Crippen molar-refractivity contribution in [3.05, 3.63) is 40.2 Å². The monoisotopic (exact) mass is 358 g/mol. The van der Waals surface area contributed by atoms with E-state index in [1.54, 1.807) is 11.8 Å². The Bertz CT molecular complexity index is 613. The fourth-order valence-corrected chi connectivity index (χ4v) is 2.48. The number of methoxy groups -OCH3 is 1. The molecular formula is C14H16BrClN2O2. The quantitative estimate of drug-likeness (QED) is 0.761. The number of alkyl halides is 1. The minimum absolute atomic E-state index is 0.364. The summed E-state index contributed by atoms with van der Waals surface area (Å²) >= 11 is 9.60. The third-order valence-corrected chi connectivity index (χ3v) is 4.14. The second kappa shape index (κ2) is 6.50. The number of rotatable bonds is 5. The second-order valence-electron chi connectivity index (χ2n) is 4.39. The molecule has 2 rings (SSSR count). The molecule has 1 heterocycles. The van der Waals surface area contributed by atoms with Crippen LogP contribution < -0.4 is 9.47 Å². The Kier molecular flexibility index (Phi) is 4.94. The molecule has 20 heavy (non-hydrogen) atoms. The van der Waals surface area contributed by atoms with Crippen LogP contribution in [0.4, 0.5) is 0 Å². The summed E-state index contributed by atoms with van der Waals surface area (Å²) in [7, 11) is 3.44. The van der Waals surface area contributed by atoms with Crippen molar-refractivity contribution >= 4 is 27.5 Å². The largest absolute Gasteiger partial charge is 0.493 e. The molecule has 0 atom stereocenters. The van der Waals surface area contributed by atoms with Crippen molar-refractivity contribution < 1.29 is 9.47 Å². The van der Waals surface area contributed by atoms with Gasteiger partial charge in [0.25, 0.3) is 0 Å². The highest BCUT2D eigenvalue weighted by atomic mass is 79.9. The van der Waals surface area contributed by atoms with E-state index >= 15 is 0 Å². The predicted octanol–water partition coefficient (Wildman–Crippen LogP) is 3.86. The van der Waals surface area contributed by atoms with Crippen LogP contribution in [0.15, 0.2) is 18.2 Å². The Morgan fingerprint density at radius 2 is 2.10 bits per heavy atom. The fraction of sp³-hybridized carbons (Fsp3) is 0.357. The van der Waals surface area contributed by atoms with Crippen LogP contribution in [0.5, 0.6) is 11.5 Å². The van der Waals surface area contributed by atoms with E-state index < -0.39 is 0 Å². The number of halogens is 2. The van der Waals surface area contributed by atoms with E-state index in [2.05, 4.69) is 21.0 Å². The molecule has 0 spiro atoms. The first-order valence-electron chi connectivity index (χ1n) is 6.10. The zero-order valence-corrected chi connectivity index (χ0v) is 14.0. The van der Waals surface area contributed by atoms with Gasteiger partial charge in [-0.15, -0.1) is 0 Å². The minimum Gasteiger partial charge on any atom is -0.493 e. The van der Waals surface area contributed by atoms with Gasteiger partial charge in [-0.05, 0) is 24.6 Å². The number of hydrogen-bond acceptors (Lipinski definition) is 3. The van der Waals surface area contributed by atoms with E-state index in [1.807, 2.05) is 32.2 Å². The molecule has 0 aliphatic carbocycles. The smallest absolute Gasteiger partial charge is 0.161 e. The number of aryl methyl sites for hydroxylation is 2. The molecule has 108 valence electrons. The molecule has 0 aliphatic heterocycles. The summed E-state index contributed by atoms with van der Waals surface area (Å²) in [5, 5.41) is 5.63. The van der Waals surface area contributed by atoms with Crippen molar-refractivity contribution in [3.63, 3.8) is 0 Å². The molecule has 0 radical (unpaired) electrons. The summed E-state index contributed by atoms with van der Waals surface area (Å²) in [5.41, 5.74) is 2.89. The number of hydrogen-bond donors (Lipinski definition) is 0. The number of aromatic nitrogens is 2. The van der Waals surface area contributed by atoms with Gasteiger partial charge in [-0.2, -0.15) is 5.10 Å². The topological polar surface area (TPSA) is 36.3 Å². The van der Waals surface area contributed by atoms with E-state index in [4.69, 9.17) is 21.1 Å². The van der Waals surface area contributed by atoms with Crippen molar-refractivity contribution in [3.8, 4) is 11.5 Å². The first-order valence-corrected chi connectivity index (χ1v) is 7.60. The summed E-state index contributed by atoms with van der Waals surface area (Å²) in [6, 6.07) is 5.83. The Morgan fingerprint density at radius 3 is 2.65 bits per heavy atom. The highest BCUT2D eigenvalue weighted by Crippen LogP contribution is 2.30. The van der Waals surface area contributed by atoms with Gasteiger partial charge in [-0.1, -0.05) is 33.6 Å². The Labute approximate surface area is 131 Å². The minimum atomic E-state index is 0.364. The van der Waals surface area contributed by atoms with Gasteiger partial charge < -0.3 is 9.47 Å². The lowest BCUT2D eigenvalue weighted by Gasteiger charge is -2.11. The van der Waals surface area contributed by atoms with Crippen molar-refractivity contribution in [2.24, 2.45) is 7.05 Å². The summed E-state index contributed by atoms with van der Waals surface area (Å²) in [6.07, 6.45) is 0. The number of nitrogens with zero attached hydrogens (tertiary/aromatic N) is 2. The zero-order valence-electron chi connectivity index (χ0n) is 11.6. The predicted molar refractivity (Wildman–Crippen MR) is 82.9 cm³/mol. The van der Waals surface area contributed by atoms with Gasteiger partial charge in [-0.3, -0.25) is 4.68 Å². The molecule has 0 N–H and O–H groups in total. The Balaban J connectivity index is 2.18. The summed E-state index contributed by atoms with van der Waals surface area (Å²) in [5.74, 6) is 1.40. The van der Waals surface area contributed by atoms with Crippen molar-refractivity contribution in [1.29, 1.82) is 0 Å². The summed E-state index contributed by atoms with van der Waals surface area (Å²) in [6.45, 7) is 2.28. The second-order valence-corrected chi connectivity index (χ2v) is 5.30. The molecule has 0 saturated heterocycles. The van der Waals surface area contributed by atoms with E-state index in [9.17, 15) is 0 Å². The molecule has 0 saturated carbocycles. The van der Waals surface area contributed by atoms with Crippen molar-refractivity contribution in [1.82, 2.24) is 9.78 Å². The maximum atomic E-state index is 6.18. The molecule has 2 aromatic rings. The third kappa shape index (κ3) is 3.10. The van der Waals surface area contributed by atoms with Crippen molar-refractivity contribution in [2.75, 3.05) is 7.11 Å². The van der Waals surface area contributed by atoms with Crippen molar-refractivity contribution in [2.45, 2.75) is 18.9 Å². The number of benzene rings is 1. The molecule has 0 bridgehead atoms. The Morgan fingerprint density at radius 1 is 1.35 bits per heavy atom. The van der Waals surface area contributed by atoms with Gasteiger partial charge in [0.2, 0.25) is 0 Å². The van der Waals surface area contributed by atoms with Gasteiger partial charge >= 0.3 is 0 Å². The van der Waals surface area contributed by atoms with Gasteiger partial charge in [0, 0.05) is 17.9 Å². The van der Waals surface area contributed by atoms with Crippen LogP contribution in [0, 0.1) is 6.92 Å². The standard InChI is InChI=1S/C14H16BrClN2O2/c1-9-11(14(16)18(2)17-9)8-20-12-5-4-10(7-15)6-13(12)19-3/h4-6H,7-8H2,1-3H3. The van der Waals surface area contributed by atoms with E-state index in [0.717, 1.165) is 22.2 Å². The lowest BCUT2D eigenvalue weighted by molar-refractivity contribution is 0.284. The first-order chi connectivity index (χ1) is 9.56. The molecule has 6 heteroatoms. The van der Waals surface area contributed by atoms with Crippen LogP contribution in [-0.4, -0.2) is 16.9 Å². The highest BCUT2D eigenvalue weighted by Gasteiger charge is 2.13. The van der Waals surface area contributed by atoms with Crippen LogP contribution >= 0.6 is 27.5 Å². The van der Waals surface area contributed by atoms with Gasteiger partial charge in [0.15, 0.2) is 11.5 Å². The van der Waals surface area contributed by atoms with Crippen LogP contribution in [0.1, 0.15) is 16.8 Å². The lowest BCUT2D eigenvalue weighted by atomic mass is 10.2. The highest BCUT2D eigenvalue weighted by molar-refractivity contribution is 9.08. The number of ether oxygens (including phenoxy) is 2. The molecule has 1 aromatic heterocycles. The van der Waals surface area contributed by atoms with E-state index in [0.29, 0.717) is 23.3 Å². The first kappa shape index (κ1) is 15.2. The van der Waals surface area contributed by atoms with Crippen LogP contribution in [0.25, 0.3) is 0 Å². The zero-order chi connectivity index (χ0) is 14.7. The van der Waals surface area contributed by atoms with Crippen LogP contribution in [0.2, 0.25) is 5.15 Å². The fourth-order valence-electron chi connectivity index (χ4n) is 1.90. The Hall–Kier alpha value is -1.20. The lowest BCUT2D eigenvalue weighted by Crippen LogP contribution is -1.99. The normalized spacial score (nSPS) is 10.7. The molecule has 0 fully saturated rings. The molecule has 1 aromatic carbocycles. The van der Waals surface area contributed by atoms with Gasteiger partial charge in [0.1, 0.15) is 11.8 Å². The van der Waals surface area contributed by atoms with Gasteiger partial charge in [0.05, 0.1) is 12.8 Å². The van der Waals surface area contributed by atoms with Gasteiger partial charge in [-0.25, -0.2) is 0 Å². The maximum Gasteiger partial charge on any atom is 0.161 e. The summed E-state index contributed by atoms with van der Waals surface area (Å²) in [4.78, 5) is 0. The molecule has 0 aliphatic rings. The third-order valence-electron chi connectivity index (χ3n) is 3.02. The maximum absolute atomic E-state index is 6.18. The SMILES string of the molecule is COc1cc(CBr)ccc1OCc1c(C)nn(C)c1Cl. The molecular weight excluding hydrogens is 344 g/mol. The van der Waals surface area contributed by atoms with Crippen LogP contribution in [0.3, 0.4) is 0 Å². The van der Waals surface area contributed by atoms with E-state index in [1.165, 1.54) is 0 Å². The van der Waals surface area contributed by atoms with E-state index in [-0.39, 0.29) is 0 Å². The molecule has 0 unspecified atom stereocenters. The molecule has 0 amide bonds.